The molecule has 0 bridgehead atoms. The number of nitriles is 1. The Kier molecular flexibility index (Phi) is 3.00. The summed E-state index contributed by atoms with van der Waals surface area (Å²) < 4.78 is 1.28. The van der Waals surface area contributed by atoms with E-state index in [-0.39, 0.29) is 11.4 Å². The lowest BCUT2D eigenvalue weighted by Gasteiger charge is -2.07. The number of benzene rings is 1. The predicted octanol–water partition coefficient (Wildman–Crippen LogP) is 1.96. The smallest absolute Gasteiger partial charge is 0.342 e. The van der Waals surface area contributed by atoms with Crippen LogP contribution in [0.5, 0.6) is 0 Å². The third-order valence-corrected chi connectivity index (χ3v) is 2.55. The highest BCUT2D eigenvalue weighted by molar-refractivity contribution is 5.94. The molecule has 0 amide bonds. The van der Waals surface area contributed by atoms with Crippen LogP contribution >= 0.6 is 0 Å². The van der Waals surface area contributed by atoms with Gasteiger partial charge < -0.3 is 9.67 Å². The summed E-state index contributed by atoms with van der Waals surface area (Å²) in [5, 5.41) is 29.0. The summed E-state index contributed by atoms with van der Waals surface area (Å²) in [6, 6.07) is 8.86. The molecule has 7 heteroatoms. The van der Waals surface area contributed by atoms with E-state index in [4.69, 9.17) is 10.4 Å². The standard InChI is InChI=1S/C12H7N3O4/c13-7-8-3-2-6-14(8)10-5-1-4-9(12(16)17)11(10)15(18)19/h1-6H,(H,16,17). The Morgan fingerprint density at radius 2 is 2.11 bits per heavy atom. The van der Waals surface area contributed by atoms with E-state index in [1.54, 1.807) is 6.07 Å². The molecule has 7 nitrogen and oxygen atoms in total. The maximum absolute atomic E-state index is 11.1. The lowest BCUT2D eigenvalue weighted by Crippen LogP contribution is -2.07. The third-order valence-electron chi connectivity index (χ3n) is 2.55. The summed E-state index contributed by atoms with van der Waals surface area (Å²) in [6.07, 6.45) is 1.46. The van der Waals surface area contributed by atoms with Gasteiger partial charge in [-0.05, 0) is 24.3 Å². The number of rotatable bonds is 3. The van der Waals surface area contributed by atoms with Crippen LogP contribution in [-0.2, 0) is 0 Å². The van der Waals surface area contributed by atoms with E-state index in [2.05, 4.69) is 0 Å². The summed E-state index contributed by atoms with van der Waals surface area (Å²) >= 11 is 0. The van der Waals surface area contributed by atoms with E-state index in [0.29, 0.717) is 0 Å². The minimum absolute atomic E-state index is 0.0476. The van der Waals surface area contributed by atoms with Crippen LogP contribution in [0.15, 0.2) is 36.5 Å². The number of carbonyl (C=O) groups is 1. The minimum Gasteiger partial charge on any atom is -0.477 e. The van der Waals surface area contributed by atoms with Gasteiger partial charge in [-0.3, -0.25) is 10.1 Å². The highest BCUT2D eigenvalue weighted by Crippen LogP contribution is 2.28. The fourth-order valence-corrected chi connectivity index (χ4v) is 1.77. The van der Waals surface area contributed by atoms with Crippen molar-refractivity contribution >= 4 is 11.7 Å². The molecule has 1 heterocycles. The summed E-state index contributed by atoms with van der Waals surface area (Å²) in [7, 11) is 0. The van der Waals surface area contributed by atoms with Crippen molar-refractivity contribution in [2.24, 2.45) is 0 Å². The van der Waals surface area contributed by atoms with Crippen LogP contribution in [0.1, 0.15) is 16.1 Å². The molecule has 2 aromatic rings. The maximum Gasteiger partial charge on any atom is 0.342 e. The van der Waals surface area contributed by atoms with Crippen LogP contribution in [0, 0.1) is 21.4 Å². The molecule has 0 saturated heterocycles. The Labute approximate surface area is 107 Å². The molecule has 0 aliphatic heterocycles. The van der Waals surface area contributed by atoms with E-state index in [9.17, 15) is 14.9 Å². The van der Waals surface area contributed by atoms with Gasteiger partial charge in [0.1, 0.15) is 23.0 Å². The first-order chi connectivity index (χ1) is 9.06. The average molecular weight is 257 g/mol. The van der Waals surface area contributed by atoms with Gasteiger partial charge in [0.2, 0.25) is 0 Å². The molecule has 0 unspecified atom stereocenters. The summed E-state index contributed by atoms with van der Waals surface area (Å²) in [5.74, 6) is -1.39. The van der Waals surface area contributed by atoms with Crippen LogP contribution < -0.4 is 0 Å². The second-order valence-corrected chi connectivity index (χ2v) is 3.61. The zero-order valence-electron chi connectivity index (χ0n) is 9.48. The number of carboxylic acids is 1. The van der Waals surface area contributed by atoms with E-state index in [1.807, 2.05) is 6.07 Å². The highest BCUT2D eigenvalue weighted by atomic mass is 16.6. The van der Waals surface area contributed by atoms with Crippen molar-refractivity contribution in [3.8, 4) is 11.8 Å². The Bertz CT molecular complexity index is 712. The number of nitro groups is 1. The van der Waals surface area contributed by atoms with E-state index < -0.39 is 22.1 Å². The quantitative estimate of drug-likeness (QED) is 0.667. The van der Waals surface area contributed by atoms with E-state index in [0.717, 1.165) is 6.07 Å². The third kappa shape index (κ3) is 2.02. The fourth-order valence-electron chi connectivity index (χ4n) is 1.77. The van der Waals surface area contributed by atoms with E-state index in [1.165, 1.54) is 29.0 Å². The number of aromatic carboxylic acids is 1. The largest absolute Gasteiger partial charge is 0.477 e. The molecule has 2 rings (SSSR count). The summed E-state index contributed by atoms with van der Waals surface area (Å²) in [5.41, 5.74) is -0.722. The van der Waals surface area contributed by atoms with Crippen LogP contribution in [-0.4, -0.2) is 20.6 Å². The molecular weight excluding hydrogens is 250 g/mol. The molecule has 0 aliphatic carbocycles. The molecule has 94 valence electrons. The van der Waals surface area contributed by atoms with Crippen molar-refractivity contribution < 1.29 is 14.8 Å². The lowest BCUT2D eigenvalue weighted by atomic mass is 10.1. The molecule has 0 atom stereocenters. The van der Waals surface area contributed by atoms with Crippen LogP contribution in [0.3, 0.4) is 0 Å². The van der Waals surface area contributed by atoms with E-state index >= 15 is 0 Å². The average Bonchev–Trinajstić information content (AvgIpc) is 2.85. The molecule has 1 aromatic heterocycles. The number of hydrogen-bond donors (Lipinski definition) is 1. The monoisotopic (exact) mass is 257 g/mol. The van der Waals surface area contributed by atoms with Crippen molar-refractivity contribution in [3.05, 3.63) is 57.9 Å². The zero-order chi connectivity index (χ0) is 14.0. The second-order valence-electron chi connectivity index (χ2n) is 3.61. The molecular formula is C12H7N3O4. The maximum atomic E-state index is 11.1. The van der Waals surface area contributed by atoms with Crippen molar-refractivity contribution in [3.63, 3.8) is 0 Å². The zero-order valence-corrected chi connectivity index (χ0v) is 9.48. The number of para-hydroxylation sites is 1. The Morgan fingerprint density at radius 3 is 2.68 bits per heavy atom. The molecule has 19 heavy (non-hydrogen) atoms. The van der Waals surface area contributed by atoms with Gasteiger partial charge in [-0.25, -0.2) is 4.79 Å². The first kappa shape index (κ1) is 12.3. The Morgan fingerprint density at radius 1 is 1.37 bits per heavy atom. The molecule has 0 spiro atoms. The van der Waals surface area contributed by atoms with Gasteiger partial charge in [0, 0.05) is 6.20 Å². The normalized spacial score (nSPS) is 9.84. The van der Waals surface area contributed by atoms with Crippen molar-refractivity contribution in [1.29, 1.82) is 5.26 Å². The number of nitrogens with zero attached hydrogens (tertiary/aromatic N) is 3. The first-order valence-corrected chi connectivity index (χ1v) is 5.14. The lowest BCUT2D eigenvalue weighted by molar-refractivity contribution is -0.384. The topological polar surface area (TPSA) is 109 Å². The van der Waals surface area contributed by atoms with Gasteiger partial charge in [-0.15, -0.1) is 0 Å². The summed E-state index contributed by atoms with van der Waals surface area (Å²) in [6.45, 7) is 0. The van der Waals surface area contributed by atoms with Gasteiger partial charge in [-0.2, -0.15) is 5.26 Å². The number of carboxylic acid groups (broad SMARTS) is 1. The predicted molar refractivity (Wildman–Crippen MR) is 64.1 cm³/mol. The molecule has 1 aromatic carbocycles. The van der Waals surface area contributed by atoms with Gasteiger partial charge in [-0.1, -0.05) is 6.07 Å². The van der Waals surface area contributed by atoms with Crippen LogP contribution in [0.4, 0.5) is 5.69 Å². The van der Waals surface area contributed by atoms with Crippen molar-refractivity contribution in [2.75, 3.05) is 0 Å². The first-order valence-electron chi connectivity index (χ1n) is 5.14. The number of aromatic nitrogens is 1. The SMILES string of the molecule is N#Cc1cccn1-c1cccc(C(=O)O)c1[N+](=O)[O-]. The molecule has 1 N–H and O–H groups in total. The minimum atomic E-state index is -1.39. The summed E-state index contributed by atoms with van der Waals surface area (Å²) in [4.78, 5) is 21.3. The van der Waals surface area contributed by atoms with Crippen molar-refractivity contribution in [2.45, 2.75) is 0 Å². The van der Waals surface area contributed by atoms with Crippen molar-refractivity contribution in [1.82, 2.24) is 4.57 Å². The molecule has 0 fully saturated rings. The molecule has 0 aliphatic rings. The Hall–Kier alpha value is -3.14. The van der Waals surface area contributed by atoms with Gasteiger partial charge in [0.25, 0.3) is 0 Å². The number of hydrogen-bond acceptors (Lipinski definition) is 4. The molecule has 0 radical (unpaired) electrons. The Balaban J connectivity index is 2.78. The van der Waals surface area contributed by atoms with Crippen LogP contribution in [0.2, 0.25) is 0 Å². The van der Waals surface area contributed by atoms with Gasteiger partial charge in [0.05, 0.1) is 4.92 Å². The van der Waals surface area contributed by atoms with Crippen LogP contribution in [0.25, 0.3) is 5.69 Å². The number of nitro benzene ring substituents is 1. The van der Waals surface area contributed by atoms with Gasteiger partial charge >= 0.3 is 11.7 Å². The molecule has 0 saturated carbocycles. The highest BCUT2D eigenvalue weighted by Gasteiger charge is 2.25. The fraction of sp³-hybridized carbons (Fsp3) is 0. The second kappa shape index (κ2) is 4.62. The van der Waals surface area contributed by atoms with Gasteiger partial charge in [0.15, 0.2) is 0 Å².